The van der Waals surface area contributed by atoms with Crippen LogP contribution in [0.1, 0.15) is 5.56 Å². The number of hydrogen-bond donors (Lipinski definition) is 1. The van der Waals surface area contributed by atoms with Crippen LogP contribution in [0, 0.1) is 0 Å². The molecule has 1 N–H and O–H groups in total. The number of methoxy groups -OCH3 is 3. The molecule has 0 aliphatic heterocycles. The third-order valence-corrected chi connectivity index (χ3v) is 4.53. The molecule has 2 aromatic carbocycles. The van der Waals surface area contributed by atoms with Crippen LogP contribution in [-0.2, 0) is 21.4 Å². The molecule has 0 aliphatic carbocycles. The molecule has 0 saturated carbocycles. The van der Waals surface area contributed by atoms with Gasteiger partial charge in [0.05, 0.1) is 25.7 Å². The highest BCUT2D eigenvalue weighted by Gasteiger charge is 2.17. The van der Waals surface area contributed by atoms with Gasteiger partial charge in [0, 0.05) is 18.9 Å². The summed E-state index contributed by atoms with van der Waals surface area (Å²) in [6, 6.07) is 11.5. The van der Waals surface area contributed by atoms with Crippen LogP contribution >= 0.6 is 0 Å². The molecule has 0 atom stereocenters. The third kappa shape index (κ3) is 4.14. The quantitative estimate of drug-likeness (QED) is 0.841. The van der Waals surface area contributed by atoms with Crippen LogP contribution in [0.4, 0.5) is 5.69 Å². The van der Waals surface area contributed by atoms with Gasteiger partial charge >= 0.3 is 0 Å². The van der Waals surface area contributed by atoms with Gasteiger partial charge in [0.1, 0.15) is 0 Å². The first-order valence-electron chi connectivity index (χ1n) is 6.83. The Morgan fingerprint density at radius 1 is 0.957 bits per heavy atom. The minimum atomic E-state index is -3.73. The van der Waals surface area contributed by atoms with E-state index in [4.69, 9.17) is 14.2 Å². The van der Waals surface area contributed by atoms with Crippen LogP contribution in [0.5, 0.6) is 11.5 Å². The van der Waals surface area contributed by atoms with Crippen LogP contribution in [-0.4, -0.2) is 29.7 Å². The van der Waals surface area contributed by atoms with E-state index in [1.165, 1.54) is 26.4 Å². The van der Waals surface area contributed by atoms with Gasteiger partial charge in [-0.15, -0.1) is 0 Å². The molecule has 23 heavy (non-hydrogen) atoms. The number of hydrogen-bond acceptors (Lipinski definition) is 5. The lowest BCUT2D eigenvalue weighted by atomic mass is 10.2. The number of rotatable bonds is 7. The molecule has 0 fully saturated rings. The number of sulfonamides is 1. The minimum Gasteiger partial charge on any atom is -0.493 e. The fraction of sp³-hybridized carbons (Fsp3) is 0.250. The predicted octanol–water partition coefficient (Wildman–Crippen LogP) is 2.65. The first-order chi connectivity index (χ1) is 11.0. The maximum Gasteiger partial charge on any atom is 0.262 e. The lowest BCUT2D eigenvalue weighted by Gasteiger charge is -2.12. The Hall–Kier alpha value is -2.25. The minimum absolute atomic E-state index is 0.0901. The number of anilines is 1. The van der Waals surface area contributed by atoms with Crippen molar-refractivity contribution in [2.45, 2.75) is 11.5 Å². The summed E-state index contributed by atoms with van der Waals surface area (Å²) < 4.78 is 42.8. The Balaban J connectivity index is 2.30. The highest BCUT2D eigenvalue weighted by atomic mass is 32.2. The second-order valence-corrected chi connectivity index (χ2v) is 6.44. The fourth-order valence-corrected chi connectivity index (χ4v) is 3.15. The first kappa shape index (κ1) is 17.1. The second-order valence-electron chi connectivity index (χ2n) is 4.76. The van der Waals surface area contributed by atoms with Gasteiger partial charge < -0.3 is 14.2 Å². The summed E-state index contributed by atoms with van der Waals surface area (Å²) in [4.78, 5) is 0.0901. The zero-order valence-electron chi connectivity index (χ0n) is 13.2. The number of benzene rings is 2. The molecule has 0 unspecified atom stereocenters. The number of ether oxygens (including phenoxy) is 3. The highest BCUT2D eigenvalue weighted by molar-refractivity contribution is 7.92. The van der Waals surface area contributed by atoms with E-state index in [-0.39, 0.29) is 4.90 Å². The van der Waals surface area contributed by atoms with Gasteiger partial charge in [-0.1, -0.05) is 12.1 Å². The van der Waals surface area contributed by atoms with Crippen molar-refractivity contribution >= 4 is 15.7 Å². The second kappa shape index (κ2) is 7.34. The maximum atomic E-state index is 12.5. The van der Waals surface area contributed by atoms with Gasteiger partial charge in [0.25, 0.3) is 10.0 Å². The maximum absolute atomic E-state index is 12.5. The largest absolute Gasteiger partial charge is 0.493 e. The topological polar surface area (TPSA) is 73.9 Å². The Morgan fingerprint density at radius 2 is 1.70 bits per heavy atom. The average Bonchev–Trinajstić information content (AvgIpc) is 2.54. The average molecular weight is 337 g/mol. The summed E-state index contributed by atoms with van der Waals surface area (Å²) in [5.74, 6) is 0.817. The molecule has 6 nitrogen and oxygen atoms in total. The summed E-state index contributed by atoms with van der Waals surface area (Å²) in [7, 11) is 0.801. The third-order valence-electron chi connectivity index (χ3n) is 3.16. The van der Waals surface area contributed by atoms with Crippen LogP contribution in [0.2, 0.25) is 0 Å². The van der Waals surface area contributed by atoms with Crippen molar-refractivity contribution in [3.05, 3.63) is 48.0 Å². The fourth-order valence-electron chi connectivity index (χ4n) is 2.09. The SMILES string of the molecule is COCc1cccc(NS(=O)(=O)c2ccc(OC)c(OC)c2)c1. The van der Waals surface area contributed by atoms with Crippen molar-refractivity contribution in [1.29, 1.82) is 0 Å². The van der Waals surface area contributed by atoms with Crippen LogP contribution < -0.4 is 14.2 Å². The van der Waals surface area contributed by atoms with E-state index >= 15 is 0 Å². The van der Waals surface area contributed by atoms with Crippen molar-refractivity contribution in [1.82, 2.24) is 0 Å². The van der Waals surface area contributed by atoms with Gasteiger partial charge in [0.15, 0.2) is 11.5 Å². The Kier molecular flexibility index (Phi) is 5.46. The lowest BCUT2D eigenvalue weighted by molar-refractivity contribution is 0.185. The zero-order chi connectivity index (χ0) is 16.9. The van der Waals surface area contributed by atoms with E-state index in [2.05, 4.69) is 4.72 Å². The summed E-state index contributed by atoms with van der Waals surface area (Å²) in [6.07, 6.45) is 0. The van der Waals surface area contributed by atoms with Crippen molar-refractivity contribution in [3.8, 4) is 11.5 Å². The van der Waals surface area contributed by atoms with Crippen molar-refractivity contribution in [2.75, 3.05) is 26.1 Å². The molecule has 0 aliphatic rings. The molecular weight excluding hydrogens is 318 g/mol. The molecule has 0 bridgehead atoms. The first-order valence-corrected chi connectivity index (χ1v) is 8.31. The summed E-state index contributed by atoms with van der Waals surface area (Å²) >= 11 is 0. The van der Waals surface area contributed by atoms with E-state index < -0.39 is 10.0 Å². The normalized spacial score (nSPS) is 11.1. The molecule has 0 amide bonds. The van der Waals surface area contributed by atoms with Crippen LogP contribution in [0.15, 0.2) is 47.4 Å². The molecule has 0 saturated heterocycles. The van der Waals surface area contributed by atoms with Gasteiger partial charge in [-0.3, -0.25) is 4.72 Å². The molecule has 7 heteroatoms. The molecule has 0 heterocycles. The summed E-state index contributed by atoms with van der Waals surface area (Å²) in [5.41, 5.74) is 1.34. The van der Waals surface area contributed by atoms with Gasteiger partial charge in [0.2, 0.25) is 0 Å². The highest BCUT2D eigenvalue weighted by Crippen LogP contribution is 2.30. The standard InChI is InChI=1S/C16H19NO5S/c1-20-11-12-5-4-6-13(9-12)17-23(18,19)14-7-8-15(21-2)16(10-14)22-3/h4-10,17H,11H2,1-3H3. The molecule has 0 radical (unpaired) electrons. The van der Waals surface area contributed by atoms with Gasteiger partial charge in [-0.25, -0.2) is 8.42 Å². The van der Waals surface area contributed by atoms with Crippen LogP contribution in [0.25, 0.3) is 0 Å². The van der Waals surface area contributed by atoms with E-state index in [0.717, 1.165) is 5.56 Å². The monoisotopic (exact) mass is 337 g/mol. The molecule has 0 spiro atoms. The van der Waals surface area contributed by atoms with Crippen molar-refractivity contribution in [3.63, 3.8) is 0 Å². The predicted molar refractivity (Wildman–Crippen MR) is 87.5 cm³/mol. The zero-order valence-corrected chi connectivity index (χ0v) is 14.0. The molecule has 0 aromatic heterocycles. The van der Waals surface area contributed by atoms with E-state index in [9.17, 15) is 8.42 Å². The van der Waals surface area contributed by atoms with E-state index in [1.54, 1.807) is 31.4 Å². The summed E-state index contributed by atoms with van der Waals surface area (Å²) in [6.45, 7) is 0.409. The molecule has 2 aromatic rings. The Labute approximate surface area is 136 Å². The Morgan fingerprint density at radius 3 is 2.35 bits per heavy atom. The molecular formula is C16H19NO5S. The molecule has 2 rings (SSSR count). The van der Waals surface area contributed by atoms with Crippen molar-refractivity contribution in [2.24, 2.45) is 0 Å². The van der Waals surface area contributed by atoms with E-state index in [0.29, 0.717) is 23.8 Å². The van der Waals surface area contributed by atoms with Gasteiger partial charge in [-0.05, 0) is 29.8 Å². The summed E-state index contributed by atoms with van der Waals surface area (Å²) in [5, 5.41) is 0. The molecule has 124 valence electrons. The number of nitrogens with one attached hydrogen (secondary N) is 1. The Bertz CT molecular complexity index is 774. The van der Waals surface area contributed by atoms with Crippen LogP contribution in [0.3, 0.4) is 0 Å². The van der Waals surface area contributed by atoms with Crippen molar-refractivity contribution < 1.29 is 22.6 Å². The lowest BCUT2D eigenvalue weighted by Crippen LogP contribution is -2.13. The smallest absolute Gasteiger partial charge is 0.262 e. The van der Waals surface area contributed by atoms with E-state index in [1.807, 2.05) is 6.07 Å². The van der Waals surface area contributed by atoms with Gasteiger partial charge in [-0.2, -0.15) is 0 Å².